The van der Waals surface area contributed by atoms with E-state index >= 15 is 0 Å². The summed E-state index contributed by atoms with van der Waals surface area (Å²) >= 11 is 1.70. The highest BCUT2D eigenvalue weighted by Crippen LogP contribution is 2.40. The highest BCUT2D eigenvalue weighted by Gasteiger charge is 2.28. The lowest BCUT2D eigenvalue weighted by molar-refractivity contribution is 0.112. The van der Waals surface area contributed by atoms with Crippen LogP contribution < -0.4 is 4.31 Å². The van der Waals surface area contributed by atoms with Gasteiger partial charge in [0.05, 0.1) is 22.4 Å². The fraction of sp³-hybridized carbons (Fsp3) is 0.304. The minimum atomic E-state index is 0.683. The van der Waals surface area contributed by atoms with Gasteiger partial charge in [-0.05, 0) is 43.0 Å². The lowest BCUT2D eigenvalue weighted by Crippen LogP contribution is -2.25. The molecule has 29 heavy (non-hydrogen) atoms. The quantitative estimate of drug-likeness (QED) is 0.349. The van der Waals surface area contributed by atoms with Crippen molar-refractivity contribution in [3.05, 3.63) is 48.0 Å². The number of aldehydes is 1. The number of hydrogen-bond donors (Lipinski definition) is 0. The molecule has 0 spiro atoms. The molecule has 0 saturated heterocycles. The SMILES string of the molecule is CSN1CCn2c(-c3cc4ccccc4n3CC3CC3)nc3cc(C=O)cc1c32. The maximum atomic E-state index is 11.5. The molecular weight excluding hydrogens is 380 g/mol. The minimum absolute atomic E-state index is 0.683. The van der Waals surface area contributed by atoms with E-state index in [0.717, 1.165) is 54.4 Å². The molecule has 1 saturated carbocycles. The van der Waals surface area contributed by atoms with Crippen LogP contribution in [-0.2, 0) is 13.1 Å². The normalized spacial score (nSPS) is 16.1. The number of nitrogens with zero attached hydrogens (tertiary/aromatic N) is 4. The van der Waals surface area contributed by atoms with Gasteiger partial charge in [-0.1, -0.05) is 30.1 Å². The Hall–Kier alpha value is -2.73. The smallest absolute Gasteiger partial charge is 0.157 e. The van der Waals surface area contributed by atoms with Crippen molar-refractivity contribution in [3.63, 3.8) is 0 Å². The summed E-state index contributed by atoms with van der Waals surface area (Å²) in [5.74, 6) is 1.79. The lowest BCUT2D eigenvalue weighted by Gasteiger charge is -2.28. The van der Waals surface area contributed by atoms with Gasteiger partial charge in [0.25, 0.3) is 0 Å². The van der Waals surface area contributed by atoms with E-state index in [2.05, 4.69) is 50.0 Å². The maximum absolute atomic E-state index is 11.5. The Labute approximate surface area is 173 Å². The Morgan fingerprint density at radius 3 is 2.83 bits per heavy atom. The highest BCUT2D eigenvalue weighted by molar-refractivity contribution is 8.00. The largest absolute Gasteiger partial charge is 0.338 e. The average Bonchev–Trinajstić information content (AvgIpc) is 3.40. The van der Waals surface area contributed by atoms with Crippen LogP contribution in [0.3, 0.4) is 0 Å². The van der Waals surface area contributed by atoms with Gasteiger partial charge in [0.15, 0.2) is 5.82 Å². The standard InChI is InChI=1S/C23H22N4OS/c1-29-27-9-8-25-22-18(10-16(14-28)11-20(22)27)24-23(25)21-12-17-4-2-3-5-19(17)26(21)13-15-6-7-15/h2-5,10-12,14-15H,6-9,13H2,1H3. The van der Waals surface area contributed by atoms with Crippen molar-refractivity contribution in [1.29, 1.82) is 0 Å². The van der Waals surface area contributed by atoms with Gasteiger partial charge in [0.2, 0.25) is 0 Å². The predicted octanol–water partition coefficient (Wildman–Crippen LogP) is 4.98. The summed E-state index contributed by atoms with van der Waals surface area (Å²) in [4.78, 5) is 16.6. The van der Waals surface area contributed by atoms with Gasteiger partial charge in [-0.15, -0.1) is 0 Å². The van der Waals surface area contributed by atoms with Crippen LogP contribution in [0.1, 0.15) is 23.2 Å². The van der Waals surface area contributed by atoms with Crippen LogP contribution >= 0.6 is 11.9 Å². The summed E-state index contributed by atoms with van der Waals surface area (Å²) in [5, 5.41) is 1.26. The summed E-state index contributed by atoms with van der Waals surface area (Å²) in [6, 6.07) is 14.8. The molecule has 6 heteroatoms. The molecule has 2 aromatic carbocycles. The lowest BCUT2D eigenvalue weighted by atomic mass is 10.1. The van der Waals surface area contributed by atoms with E-state index in [1.807, 2.05) is 12.1 Å². The molecule has 6 rings (SSSR count). The number of benzene rings is 2. The predicted molar refractivity (Wildman–Crippen MR) is 120 cm³/mol. The summed E-state index contributed by atoms with van der Waals surface area (Å²) in [7, 11) is 0. The van der Waals surface area contributed by atoms with Crippen molar-refractivity contribution in [2.45, 2.75) is 25.9 Å². The summed E-state index contributed by atoms with van der Waals surface area (Å²) in [6.45, 7) is 2.85. The molecule has 5 nitrogen and oxygen atoms in total. The molecule has 0 amide bonds. The zero-order valence-corrected chi connectivity index (χ0v) is 17.2. The molecule has 0 bridgehead atoms. The van der Waals surface area contributed by atoms with Crippen molar-refractivity contribution < 1.29 is 4.79 Å². The number of aromatic nitrogens is 3. The number of fused-ring (bicyclic) bond motifs is 1. The van der Waals surface area contributed by atoms with Gasteiger partial charge in [0.1, 0.15) is 6.29 Å². The first-order valence-electron chi connectivity index (χ1n) is 10.2. The Morgan fingerprint density at radius 1 is 1.17 bits per heavy atom. The number of imidazole rings is 1. The molecular formula is C23H22N4OS. The number of carbonyl (C=O) groups excluding carboxylic acids is 1. The van der Waals surface area contributed by atoms with Crippen molar-refractivity contribution >= 4 is 45.9 Å². The summed E-state index contributed by atoms with van der Waals surface area (Å²) in [5.41, 5.74) is 6.28. The van der Waals surface area contributed by atoms with Gasteiger partial charge in [-0.25, -0.2) is 4.98 Å². The van der Waals surface area contributed by atoms with Crippen LogP contribution in [0, 0.1) is 5.92 Å². The van der Waals surface area contributed by atoms with Crippen molar-refractivity contribution in [1.82, 2.24) is 14.1 Å². The number of rotatable bonds is 5. The van der Waals surface area contributed by atoms with Crippen LogP contribution in [0.25, 0.3) is 33.5 Å². The van der Waals surface area contributed by atoms with Gasteiger partial charge in [-0.2, -0.15) is 0 Å². The Kier molecular flexibility index (Phi) is 3.78. The monoisotopic (exact) mass is 402 g/mol. The fourth-order valence-corrected chi connectivity index (χ4v) is 5.19. The second-order valence-corrected chi connectivity index (χ2v) is 8.85. The first-order chi connectivity index (χ1) is 14.3. The third kappa shape index (κ3) is 2.62. The van der Waals surface area contributed by atoms with E-state index < -0.39 is 0 Å². The molecule has 0 unspecified atom stereocenters. The first-order valence-corrected chi connectivity index (χ1v) is 11.3. The second-order valence-electron chi connectivity index (χ2n) is 8.04. The molecule has 1 fully saturated rings. The average molecular weight is 403 g/mol. The summed E-state index contributed by atoms with van der Waals surface area (Å²) < 4.78 is 7.07. The van der Waals surface area contributed by atoms with Crippen molar-refractivity contribution in [2.75, 3.05) is 17.1 Å². The van der Waals surface area contributed by atoms with E-state index in [1.54, 1.807) is 11.9 Å². The highest BCUT2D eigenvalue weighted by atomic mass is 32.2. The van der Waals surface area contributed by atoms with Crippen molar-refractivity contribution in [2.24, 2.45) is 5.92 Å². The molecule has 2 aliphatic rings. The number of para-hydroxylation sites is 1. The first kappa shape index (κ1) is 17.2. The zero-order chi connectivity index (χ0) is 19.5. The molecule has 146 valence electrons. The molecule has 0 atom stereocenters. The maximum Gasteiger partial charge on any atom is 0.157 e. The van der Waals surface area contributed by atoms with E-state index in [0.29, 0.717) is 5.56 Å². The molecule has 3 heterocycles. The third-order valence-electron chi connectivity index (χ3n) is 6.17. The van der Waals surface area contributed by atoms with Crippen molar-refractivity contribution in [3.8, 4) is 11.5 Å². The summed E-state index contributed by atoms with van der Waals surface area (Å²) in [6.07, 6.45) is 5.64. The number of carbonyl (C=O) groups is 1. The minimum Gasteiger partial charge on any atom is -0.338 e. The third-order valence-corrected chi connectivity index (χ3v) is 6.99. The van der Waals surface area contributed by atoms with Crippen LogP contribution in [0.4, 0.5) is 5.69 Å². The zero-order valence-electron chi connectivity index (χ0n) is 16.3. The fourth-order valence-electron chi connectivity index (χ4n) is 4.59. The Balaban J connectivity index is 1.63. The van der Waals surface area contributed by atoms with E-state index in [-0.39, 0.29) is 0 Å². The molecule has 4 aromatic rings. The van der Waals surface area contributed by atoms with Gasteiger partial charge in [0, 0.05) is 42.4 Å². The molecule has 2 aromatic heterocycles. The van der Waals surface area contributed by atoms with Gasteiger partial charge >= 0.3 is 0 Å². The van der Waals surface area contributed by atoms with Crippen LogP contribution in [0.2, 0.25) is 0 Å². The van der Waals surface area contributed by atoms with E-state index in [9.17, 15) is 4.79 Å². The molecule has 1 aliphatic carbocycles. The second kappa shape index (κ2) is 6.39. The number of hydrogen-bond acceptors (Lipinski definition) is 4. The Morgan fingerprint density at radius 2 is 2.03 bits per heavy atom. The van der Waals surface area contributed by atoms with E-state index in [4.69, 9.17) is 4.98 Å². The molecule has 0 N–H and O–H groups in total. The Bertz CT molecular complexity index is 1270. The molecule has 1 aliphatic heterocycles. The van der Waals surface area contributed by atoms with Crippen LogP contribution in [-0.4, -0.2) is 33.2 Å². The molecule has 0 radical (unpaired) electrons. The van der Waals surface area contributed by atoms with Crippen LogP contribution in [0.15, 0.2) is 42.5 Å². The topological polar surface area (TPSA) is 43.1 Å². The number of anilines is 1. The van der Waals surface area contributed by atoms with Gasteiger partial charge < -0.3 is 13.4 Å². The van der Waals surface area contributed by atoms with Gasteiger partial charge in [-0.3, -0.25) is 4.79 Å². The van der Waals surface area contributed by atoms with Crippen LogP contribution in [0.5, 0.6) is 0 Å². The van der Waals surface area contributed by atoms with E-state index in [1.165, 1.54) is 29.4 Å².